The van der Waals surface area contributed by atoms with E-state index in [4.69, 9.17) is 0 Å². The summed E-state index contributed by atoms with van der Waals surface area (Å²) in [6.07, 6.45) is 3.26. The Hall–Kier alpha value is -1.56. The molecule has 0 amide bonds. The topological polar surface area (TPSA) is 60.7 Å². The van der Waals surface area contributed by atoms with Crippen LogP contribution in [0.4, 0.5) is 0 Å². The van der Waals surface area contributed by atoms with E-state index in [9.17, 15) is 4.79 Å². The average Bonchev–Trinajstić information content (AvgIpc) is 2.79. The van der Waals surface area contributed by atoms with Crippen LogP contribution in [0.3, 0.4) is 0 Å². The number of aryl methyl sites for hydroxylation is 3. The molecule has 20 heavy (non-hydrogen) atoms. The first-order valence-electron chi connectivity index (χ1n) is 6.67. The summed E-state index contributed by atoms with van der Waals surface area (Å²) in [6, 6.07) is 1.80. The highest BCUT2D eigenvalue weighted by Crippen LogP contribution is 2.22. The summed E-state index contributed by atoms with van der Waals surface area (Å²) >= 11 is 3.41. The predicted molar refractivity (Wildman–Crippen MR) is 79.8 cm³/mol. The Morgan fingerprint density at radius 2 is 2.10 bits per heavy atom. The lowest BCUT2D eigenvalue weighted by atomic mass is 10.0. The zero-order chi connectivity index (χ0) is 14.7. The van der Waals surface area contributed by atoms with Crippen LogP contribution in [0.5, 0.6) is 0 Å². The molecule has 0 saturated heterocycles. The van der Waals surface area contributed by atoms with Gasteiger partial charge in [0.25, 0.3) is 0 Å². The van der Waals surface area contributed by atoms with Crippen molar-refractivity contribution >= 4 is 21.7 Å². The molecule has 0 unspecified atom stereocenters. The van der Waals surface area contributed by atoms with Crippen molar-refractivity contribution in [1.29, 1.82) is 0 Å². The van der Waals surface area contributed by atoms with Gasteiger partial charge in [-0.15, -0.1) is 0 Å². The normalized spacial score (nSPS) is 10.8. The lowest BCUT2D eigenvalue weighted by Crippen LogP contribution is -2.15. The summed E-state index contributed by atoms with van der Waals surface area (Å²) in [7, 11) is 0. The second kappa shape index (κ2) is 6.26. The largest absolute Gasteiger partial charge is 0.287 e. The number of aromatic nitrogens is 4. The summed E-state index contributed by atoms with van der Waals surface area (Å²) < 4.78 is 2.45. The predicted octanol–water partition coefficient (Wildman–Crippen LogP) is 2.95. The quantitative estimate of drug-likeness (QED) is 0.787. The molecule has 6 heteroatoms. The van der Waals surface area contributed by atoms with Crippen molar-refractivity contribution in [2.75, 3.05) is 0 Å². The van der Waals surface area contributed by atoms with E-state index in [1.165, 1.54) is 0 Å². The first-order chi connectivity index (χ1) is 9.58. The smallest absolute Gasteiger partial charge is 0.214 e. The number of halogens is 1. The van der Waals surface area contributed by atoms with Gasteiger partial charge in [0.05, 0.1) is 22.1 Å². The van der Waals surface area contributed by atoms with Gasteiger partial charge in [-0.3, -0.25) is 9.48 Å². The van der Waals surface area contributed by atoms with Crippen molar-refractivity contribution in [2.45, 2.75) is 40.2 Å². The van der Waals surface area contributed by atoms with Crippen molar-refractivity contribution in [2.24, 2.45) is 0 Å². The van der Waals surface area contributed by atoms with Crippen LogP contribution >= 0.6 is 15.9 Å². The van der Waals surface area contributed by atoms with Crippen LogP contribution < -0.4 is 0 Å². The number of hydrogen-bond acceptors (Lipinski definition) is 4. The maximum Gasteiger partial charge on any atom is 0.214 e. The molecule has 0 aromatic carbocycles. The highest BCUT2D eigenvalue weighted by atomic mass is 79.9. The number of hydrogen-bond donors (Lipinski definition) is 0. The van der Waals surface area contributed by atoms with Crippen LogP contribution in [-0.2, 0) is 13.0 Å². The van der Waals surface area contributed by atoms with E-state index in [1.807, 2.05) is 13.8 Å². The lowest BCUT2D eigenvalue weighted by Gasteiger charge is -2.09. The van der Waals surface area contributed by atoms with Crippen molar-refractivity contribution in [3.63, 3.8) is 0 Å². The second-order valence-electron chi connectivity index (χ2n) is 4.59. The molecule has 106 valence electrons. The zero-order valence-corrected chi connectivity index (χ0v) is 13.4. The molecule has 0 atom stereocenters. The minimum Gasteiger partial charge on any atom is -0.287 e. The number of rotatable bonds is 5. The van der Waals surface area contributed by atoms with Gasteiger partial charge < -0.3 is 0 Å². The van der Waals surface area contributed by atoms with Crippen LogP contribution in [0.2, 0.25) is 0 Å². The first-order valence-corrected chi connectivity index (χ1v) is 7.47. The summed E-state index contributed by atoms with van der Waals surface area (Å²) in [6.45, 7) is 6.57. The Labute approximate surface area is 126 Å². The summed E-state index contributed by atoms with van der Waals surface area (Å²) in [5.41, 5.74) is 2.65. The number of carbonyl (C=O) groups excluding carboxylic acids is 1. The monoisotopic (exact) mass is 336 g/mol. The van der Waals surface area contributed by atoms with Gasteiger partial charge in [-0.25, -0.2) is 0 Å². The maximum absolute atomic E-state index is 12.8. The van der Waals surface area contributed by atoms with Gasteiger partial charge in [-0.05, 0) is 41.8 Å². The van der Waals surface area contributed by atoms with Crippen molar-refractivity contribution in [3.05, 3.63) is 39.4 Å². The molecule has 0 saturated carbocycles. The molecule has 5 nitrogen and oxygen atoms in total. The molecule has 2 heterocycles. The molecule has 0 aliphatic carbocycles. The van der Waals surface area contributed by atoms with Crippen molar-refractivity contribution < 1.29 is 4.79 Å². The Morgan fingerprint density at radius 3 is 2.75 bits per heavy atom. The van der Waals surface area contributed by atoms with Crippen molar-refractivity contribution in [1.82, 2.24) is 20.0 Å². The first kappa shape index (κ1) is 14.8. The maximum atomic E-state index is 12.8. The van der Waals surface area contributed by atoms with Crippen LogP contribution in [0, 0.1) is 6.92 Å². The van der Waals surface area contributed by atoms with E-state index in [1.54, 1.807) is 16.9 Å². The number of carbonyl (C=O) groups is 1. The molecule has 0 radical (unpaired) electrons. The third-order valence-corrected chi connectivity index (χ3v) is 3.60. The van der Waals surface area contributed by atoms with E-state index in [-0.39, 0.29) is 5.78 Å². The van der Waals surface area contributed by atoms with Gasteiger partial charge in [0, 0.05) is 12.1 Å². The third kappa shape index (κ3) is 2.80. The lowest BCUT2D eigenvalue weighted by molar-refractivity contribution is 0.102. The molecular formula is C14H17BrN4O. The van der Waals surface area contributed by atoms with Gasteiger partial charge in [0.15, 0.2) is 0 Å². The van der Waals surface area contributed by atoms with E-state index < -0.39 is 0 Å². The molecule has 0 N–H and O–H groups in total. The Balaban J connectivity index is 2.51. The molecule has 0 spiro atoms. The molecule has 0 bridgehead atoms. The molecular weight excluding hydrogens is 320 g/mol. The molecule has 2 rings (SSSR count). The average molecular weight is 337 g/mol. The number of nitrogens with zero attached hydrogens (tertiary/aromatic N) is 4. The van der Waals surface area contributed by atoms with Gasteiger partial charge in [0.1, 0.15) is 5.69 Å². The molecule has 0 aliphatic heterocycles. The summed E-state index contributed by atoms with van der Waals surface area (Å²) in [5.74, 6) is -0.0577. The highest BCUT2D eigenvalue weighted by Gasteiger charge is 2.21. The fourth-order valence-electron chi connectivity index (χ4n) is 2.07. The van der Waals surface area contributed by atoms with Gasteiger partial charge in [-0.1, -0.05) is 13.8 Å². The fourth-order valence-corrected chi connectivity index (χ4v) is 2.55. The number of ketones is 1. The second-order valence-corrected chi connectivity index (χ2v) is 5.45. The van der Waals surface area contributed by atoms with Crippen LogP contribution in [0.15, 0.2) is 16.7 Å². The zero-order valence-electron chi connectivity index (χ0n) is 11.9. The standard InChI is InChI=1S/C14H17BrN4O/c1-4-6-19-13(11(15)8-16-19)14(20)10-7-9(3)17-18-12(10)5-2/h7-8H,4-6H2,1-3H3. The van der Waals surface area contributed by atoms with Gasteiger partial charge in [-0.2, -0.15) is 15.3 Å². The molecule has 0 fully saturated rings. The molecule has 2 aromatic heterocycles. The molecule has 0 aliphatic rings. The Bertz CT molecular complexity index is 636. The third-order valence-electron chi connectivity index (χ3n) is 3.02. The van der Waals surface area contributed by atoms with E-state index >= 15 is 0 Å². The van der Waals surface area contributed by atoms with Gasteiger partial charge in [0.2, 0.25) is 5.78 Å². The fraction of sp³-hybridized carbons (Fsp3) is 0.429. The summed E-state index contributed by atoms with van der Waals surface area (Å²) in [4.78, 5) is 12.8. The van der Waals surface area contributed by atoms with Crippen molar-refractivity contribution in [3.8, 4) is 0 Å². The Morgan fingerprint density at radius 1 is 1.35 bits per heavy atom. The van der Waals surface area contributed by atoms with E-state index in [0.717, 1.165) is 17.8 Å². The van der Waals surface area contributed by atoms with Crippen LogP contribution in [0.25, 0.3) is 0 Å². The Kier molecular flexibility index (Phi) is 4.65. The van der Waals surface area contributed by atoms with Gasteiger partial charge >= 0.3 is 0 Å². The minimum atomic E-state index is -0.0577. The van der Waals surface area contributed by atoms with E-state index in [0.29, 0.717) is 28.7 Å². The van der Waals surface area contributed by atoms with Crippen LogP contribution in [0.1, 0.15) is 47.7 Å². The SMILES string of the molecule is CCCn1ncc(Br)c1C(=O)c1cc(C)nnc1CC. The summed E-state index contributed by atoms with van der Waals surface area (Å²) in [5, 5.41) is 12.4. The molecule has 2 aromatic rings. The van der Waals surface area contributed by atoms with E-state index in [2.05, 4.69) is 38.1 Å². The highest BCUT2D eigenvalue weighted by molar-refractivity contribution is 9.10. The minimum absolute atomic E-state index is 0.0577. The van der Waals surface area contributed by atoms with Crippen LogP contribution in [-0.4, -0.2) is 25.8 Å².